The zero-order valence-electron chi connectivity index (χ0n) is 10.3. The van der Waals surface area contributed by atoms with Gasteiger partial charge in [-0.15, -0.1) is 0 Å². The third-order valence-corrected chi connectivity index (χ3v) is 6.54. The molecule has 1 saturated carbocycles. The summed E-state index contributed by atoms with van der Waals surface area (Å²) in [5.41, 5.74) is 0.539. The van der Waals surface area contributed by atoms with Crippen molar-refractivity contribution in [2.75, 3.05) is 19.8 Å². The summed E-state index contributed by atoms with van der Waals surface area (Å²) >= 11 is 0. The molecule has 1 rings (SSSR count). The van der Waals surface area contributed by atoms with E-state index < -0.39 is 8.80 Å². The van der Waals surface area contributed by atoms with Crippen molar-refractivity contribution in [1.82, 2.24) is 0 Å². The molecule has 0 atom stereocenters. The molecule has 1 fully saturated rings. The summed E-state index contributed by atoms with van der Waals surface area (Å²) in [6.45, 7) is 8.16. The molecule has 3 nitrogen and oxygen atoms in total. The van der Waals surface area contributed by atoms with Gasteiger partial charge in [0.25, 0.3) is 0 Å². The van der Waals surface area contributed by atoms with E-state index in [1.165, 1.54) is 25.7 Å². The Morgan fingerprint density at radius 1 is 0.875 bits per heavy atom. The van der Waals surface area contributed by atoms with Crippen molar-refractivity contribution in [3.05, 3.63) is 0 Å². The average molecular weight is 265 g/mol. The quantitative estimate of drug-likeness (QED) is 0.653. The second-order valence-corrected chi connectivity index (χ2v) is 6.77. The Kier molecular flexibility index (Phi) is 8.58. The van der Waals surface area contributed by atoms with Gasteiger partial charge in [-0.1, -0.05) is 12.8 Å². The molecule has 1 aliphatic carbocycles. The van der Waals surface area contributed by atoms with Crippen LogP contribution in [0.3, 0.4) is 0 Å². The molecule has 0 aromatic rings. The highest BCUT2D eigenvalue weighted by Crippen LogP contribution is 2.40. The topological polar surface area (TPSA) is 27.7 Å². The highest BCUT2D eigenvalue weighted by Gasteiger charge is 2.49. The molecule has 0 saturated heterocycles. The van der Waals surface area contributed by atoms with E-state index in [1.54, 1.807) is 0 Å². The molecular weight excluding hydrogens is 236 g/mol. The van der Waals surface area contributed by atoms with Crippen molar-refractivity contribution in [2.24, 2.45) is 0 Å². The van der Waals surface area contributed by atoms with Gasteiger partial charge in [-0.3, -0.25) is 0 Å². The lowest BCUT2D eigenvalue weighted by Crippen LogP contribution is -2.49. The first-order chi connectivity index (χ1) is 7.29. The zero-order valence-corrected chi connectivity index (χ0v) is 11.3. The predicted octanol–water partition coefficient (Wildman–Crippen LogP) is 1.53. The van der Waals surface area contributed by atoms with Crippen LogP contribution in [-0.4, -0.2) is 39.6 Å². The minimum Gasteiger partial charge on any atom is -0.374 e. The van der Waals surface area contributed by atoms with Gasteiger partial charge >= 0.3 is 8.80 Å². The first-order valence-corrected chi connectivity index (χ1v) is 8.01. The first kappa shape index (κ1) is 16.3. The van der Waals surface area contributed by atoms with Crippen LogP contribution in [0.2, 0.25) is 5.54 Å². The monoisotopic (exact) mass is 264 g/mol. The Morgan fingerprint density at radius 2 is 1.25 bits per heavy atom. The van der Waals surface area contributed by atoms with Crippen LogP contribution >= 0.6 is 0 Å². The Labute approximate surface area is 105 Å². The molecule has 0 spiro atoms. The number of hydrogen-bond donors (Lipinski definition) is 0. The van der Waals surface area contributed by atoms with Crippen molar-refractivity contribution in [2.45, 2.75) is 52.0 Å². The molecular formula is C11H28O3Si2. The fraction of sp³-hybridized carbons (Fsp3) is 1.00. The van der Waals surface area contributed by atoms with Gasteiger partial charge < -0.3 is 13.3 Å². The normalized spacial score (nSPS) is 17.4. The summed E-state index contributed by atoms with van der Waals surface area (Å²) < 4.78 is 17.7. The zero-order chi connectivity index (χ0) is 11.1. The molecule has 0 unspecified atom stereocenters. The number of hydrogen-bond acceptors (Lipinski definition) is 3. The SMILES string of the molecule is CCO[Si](OCC)(OCC)C1CCCC1.[SiH4]. The first-order valence-electron chi connectivity index (χ1n) is 6.20. The van der Waals surface area contributed by atoms with Gasteiger partial charge in [0.2, 0.25) is 0 Å². The Bertz CT molecular complexity index is 156. The number of rotatable bonds is 7. The summed E-state index contributed by atoms with van der Waals surface area (Å²) in [4.78, 5) is 0. The Balaban J connectivity index is 0.00000225. The lowest BCUT2D eigenvalue weighted by Gasteiger charge is -2.33. The van der Waals surface area contributed by atoms with Crippen molar-refractivity contribution in [1.29, 1.82) is 0 Å². The second kappa shape index (κ2) is 8.41. The fourth-order valence-corrected chi connectivity index (χ4v) is 5.64. The van der Waals surface area contributed by atoms with E-state index in [0.29, 0.717) is 25.4 Å². The molecule has 0 radical (unpaired) electrons. The van der Waals surface area contributed by atoms with Gasteiger partial charge in [0.05, 0.1) is 0 Å². The molecule has 0 heterocycles. The van der Waals surface area contributed by atoms with Gasteiger partial charge in [0.1, 0.15) is 0 Å². The maximum Gasteiger partial charge on any atom is 0.504 e. The summed E-state index contributed by atoms with van der Waals surface area (Å²) in [7, 11) is -2.36. The molecule has 0 N–H and O–H groups in total. The van der Waals surface area contributed by atoms with Gasteiger partial charge in [0.15, 0.2) is 0 Å². The minimum atomic E-state index is -2.36. The van der Waals surface area contributed by atoms with Crippen molar-refractivity contribution in [3.63, 3.8) is 0 Å². The molecule has 98 valence electrons. The van der Waals surface area contributed by atoms with Crippen LogP contribution in [0.15, 0.2) is 0 Å². The van der Waals surface area contributed by atoms with Crippen molar-refractivity contribution >= 4 is 19.8 Å². The smallest absolute Gasteiger partial charge is 0.374 e. The van der Waals surface area contributed by atoms with Gasteiger partial charge in [-0.25, -0.2) is 0 Å². The summed E-state index contributed by atoms with van der Waals surface area (Å²) in [5, 5.41) is 0. The molecule has 16 heavy (non-hydrogen) atoms. The average Bonchev–Trinajstić information content (AvgIpc) is 2.72. The molecule has 5 heteroatoms. The summed E-state index contributed by atoms with van der Waals surface area (Å²) in [6.07, 6.45) is 5.03. The molecule has 0 aliphatic heterocycles. The van der Waals surface area contributed by atoms with E-state index in [0.717, 1.165) is 0 Å². The van der Waals surface area contributed by atoms with Gasteiger partial charge in [-0.05, 0) is 44.6 Å². The second-order valence-electron chi connectivity index (χ2n) is 3.88. The maximum atomic E-state index is 5.89. The molecule has 1 aliphatic rings. The van der Waals surface area contributed by atoms with Crippen LogP contribution < -0.4 is 0 Å². The molecule has 0 amide bonds. The van der Waals surface area contributed by atoms with E-state index in [4.69, 9.17) is 13.3 Å². The lowest BCUT2D eigenvalue weighted by atomic mass is 10.4. The summed E-state index contributed by atoms with van der Waals surface area (Å²) in [5.74, 6) is 0. The Morgan fingerprint density at radius 3 is 1.56 bits per heavy atom. The fourth-order valence-electron chi connectivity index (χ4n) is 2.36. The van der Waals surface area contributed by atoms with Gasteiger partial charge in [-0.2, -0.15) is 0 Å². The van der Waals surface area contributed by atoms with E-state index >= 15 is 0 Å². The van der Waals surface area contributed by atoms with Crippen molar-refractivity contribution in [3.8, 4) is 0 Å². The van der Waals surface area contributed by atoms with Crippen LogP contribution in [0.25, 0.3) is 0 Å². The molecule has 0 aromatic heterocycles. The van der Waals surface area contributed by atoms with E-state index in [-0.39, 0.29) is 11.0 Å². The highest BCUT2D eigenvalue weighted by molar-refractivity contribution is 6.62. The van der Waals surface area contributed by atoms with Crippen LogP contribution in [0.5, 0.6) is 0 Å². The van der Waals surface area contributed by atoms with E-state index in [9.17, 15) is 0 Å². The summed E-state index contributed by atoms with van der Waals surface area (Å²) in [6, 6.07) is 0. The third kappa shape index (κ3) is 3.96. The standard InChI is InChI=1S/C11H24O3Si.H4Si/c1-4-12-15(13-5-2,14-6-3)11-9-7-8-10-11;/h11H,4-10H2,1-3H3;1H4. The molecule has 0 bridgehead atoms. The van der Waals surface area contributed by atoms with Crippen LogP contribution in [0.4, 0.5) is 0 Å². The van der Waals surface area contributed by atoms with Crippen LogP contribution in [0.1, 0.15) is 46.5 Å². The van der Waals surface area contributed by atoms with Gasteiger partial charge in [0, 0.05) is 25.4 Å². The predicted molar refractivity (Wildman–Crippen MR) is 74.2 cm³/mol. The Hall–Kier alpha value is 0.314. The minimum absolute atomic E-state index is 0. The largest absolute Gasteiger partial charge is 0.504 e. The van der Waals surface area contributed by atoms with E-state index in [2.05, 4.69) is 0 Å². The third-order valence-electron chi connectivity index (χ3n) is 2.89. The highest BCUT2D eigenvalue weighted by atomic mass is 28.4. The van der Waals surface area contributed by atoms with Crippen LogP contribution in [-0.2, 0) is 13.3 Å². The van der Waals surface area contributed by atoms with E-state index in [1.807, 2.05) is 20.8 Å². The maximum absolute atomic E-state index is 5.89. The lowest BCUT2D eigenvalue weighted by molar-refractivity contribution is 0.0612. The molecule has 0 aromatic carbocycles. The van der Waals surface area contributed by atoms with Crippen molar-refractivity contribution < 1.29 is 13.3 Å². The van der Waals surface area contributed by atoms with Crippen LogP contribution in [0, 0.1) is 0 Å².